The van der Waals surface area contributed by atoms with E-state index in [0.29, 0.717) is 5.92 Å². The molecule has 7 heteroatoms. The Morgan fingerprint density at radius 1 is 1.48 bits per heavy atom. The van der Waals surface area contributed by atoms with Crippen LogP contribution in [0.4, 0.5) is 0 Å². The first-order valence-electron chi connectivity index (χ1n) is 8.23. The number of halogens is 1. The number of guanidine groups is 1. The molecule has 1 aliphatic rings. The summed E-state index contributed by atoms with van der Waals surface area (Å²) in [4.78, 5) is 4.56. The number of thioether (sulfide) groups is 1. The van der Waals surface area contributed by atoms with Gasteiger partial charge in [0.15, 0.2) is 5.96 Å². The summed E-state index contributed by atoms with van der Waals surface area (Å²) < 4.78 is 11.0. The number of ether oxygens (including phenoxy) is 2. The van der Waals surface area contributed by atoms with Crippen molar-refractivity contribution in [2.24, 2.45) is 10.9 Å². The van der Waals surface area contributed by atoms with E-state index in [9.17, 15) is 0 Å². The summed E-state index contributed by atoms with van der Waals surface area (Å²) in [5.41, 5.74) is 0. The summed E-state index contributed by atoms with van der Waals surface area (Å²) in [5.74, 6) is 3.54. The molecule has 1 fully saturated rings. The Bertz CT molecular complexity index is 314. The van der Waals surface area contributed by atoms with Crippen LogP contribution in [0.5, 0.6) is 0 Å². The smallest absolute Gasteiger partial charge is 0.191 e. The molecule has 136 valence electrons. The Morgan fingerprint density at radius 3 is 3.04 bits per heavy atom. The van der Waals surface area contributed by atoms with Gasteiger partial charge < -0.3 is 20.1 Å². The van der Waals surface area contributed by atoms with Gasteiger partial charge in [0.1, 0.15) is 0 Å². The van der Waals surface area contributed by atoms with E-state index in [-0.39, 0.29) is 24.0 Å². The van der Waals surface area contributed by atoms with Crippen LogP contribution in [0, 0.1) is 5.92 Å². The van der Waals surface area contributed by atoms with Crippen molar-refractivity contribution in [1.82, 2.24) is 10.6 Å². The average Bonchev–Trinajstić information content (AvgIpc) is 3.03. The lowest BCUT2D eigenvalue weighted by molar-refractivity contribution is 0.0893. The number of nitrogens with zero attached hydrogens (tertiary/aromatic N) is 1. The van der Waals surface area contributed by atoms with Crippen LogP contribution in [0.1, 0.15) is 19.8 Å². The van der Waals surface area contributed by atoms with E-state index in [0.717, 1.165) is 76.4 Å². The molecule has 1 unspecified atom stereocenters. The molecule has 1 heterocycles. The number of hydrogen-bond donors (Lipinski definition) is 2. The highest BCUT2D eigenvalue weighted by molar-refractivity contribution is 14.0. The van der Waals surface area contributed by atoms with Gasteiger partial charge in [-0.25, -0.2) is 0 Å². The third kappa shape index (κ3) is 13.0. The minimum absolute atomic E-state index is 0. The van der Waals surface area contributed by atoms with Crippen LogP contribution in [-0.4, -0.2) is 63.5 Å². The van der Waals surface area contributed by atoms with E-state index in [2.05, 4.69) is 29.1 Å². The van der Waals surface area contributed by atoms with Gasteiger partial charge in [-0.2, -0.15) is 11.8 Å². The summed E-state index contributed by atoms with van der Waals surface area (Å²) in [5, 5.41) is 6.60. The van der Waals surface area contributed by atoms with Crippen LogP contribution in [0.25, 0.3) is 0 Å². The van der Waals surface area contributed by atoms with Crippen molar-refractivity contribution in [3.63, 3.8) is 0 Å². The van der Waals surface area contributed by atoms with Crippen molar-refractivity contribution < 1.29 is 9.47 Å². The first kappa shape index (κ1) is 23.0. The average molecular weight is 457 g/mol. The summed E-state index contributed by atoms with van der Waals surface area (Å²) >= 11 is 1.87. The molecule has 0 aromatic rings. The number of hydrogen-bond acceptors (Lipinski definition) is 4. The Balaban J connectivity index is 0.00000484. The molecule has 0 aliphatic carbocycles. The van der Waals surface area contributed by atoms with Crippen molar-refractivity contribution in [3.05, 3.63) is 12.7 Å². The van der Waals surface area contributed by atoms with E-state index in [1.807, 2.05) is 17.8 Å². The first-order valence-corrected chi connectivity index (χ1v) is 9.38. The normalized spacial score (nSPS) is 17.6. The number of aliphatic imine (C=N–C) groups is 1. The highest BCUT2D eigenvalue weighted by Gasteiger charge is 2.14. The molecule has 0 saturated carbocycles. The molecule has 0 aromatic carbocycles. The minimum atomic E-state index is 0. The highest BCUT2D eigenvalue weighted by Crippen LogP contribution is 2.12. The van der Waals surface area contributed by atoms with E-state index >= 15 is 0 Å². The lowest BCUT2D eigenvalue weighted by Crippen LogP contribution is -2.38. The third-order valence-electron chi connectivity index (χ3n) is 3.21. The SMILES string of the molecule is C=CCSCCNC(=NCCCOCC1CCOC1)NCC.I. The van der Waals surface area contributed by atoms with Crippen molar-refractivity contribution in [3.8, 4) is 0 Å². The maximum absolute atomic E-state index is 5.68. The van der Waals surface area contributed by atoms with Gasteiger partial charge >= 0.3 is 0 Å². The molecule has 23 heavy (non-hydrogen) atoms. The van der Waals surface area contributed by atoms with Gasteiger partial charge in [0.05, 0.1) is 13.2 Å². The Morgan fingerprint density at radius 2 is 2.35 bits per heavy atom. The lowest BCUT2D eigenvalue weighted by Gasteiger charge is -2.11. The van der Waals surface area contributed by atoms with Crippen LogP contribution in [0.3, 0.4) is 0 Å². The van der Waals surface area contributed by atoms with Crippen molar-refractivity contribution in [1.29, 1.82) is 0 Å². The first-order chi connectivity index (χ1) is 10.9. The fraction of sp³-hybridized carbons (Fsp3) is 0.812. The standard InChI is InChI=1S/C16H31N3O2S.HI/c1-3-11-22-12-8-19-16(17-4-2)18-7-5-9-20-13-15-6-10-21-14-15;/h3,15H,1,4-14H2,2H3,(H2,17,18,19);1H. The maximum atomic E-state index is 5.68. The van der Waals surface area contributed by atoms with Gasteiger partial charge in [0.2, 0.25) is 0 Å². The zero-order valence-corrected chi connectivity index (χ0v) is 17.4. The second kappa shape index (κ2) is 16.9. The molecule has 5 nitrogen and oxygen atoms in total. The van der Waals surface area contributed by atoms with Crippen LogP contribution in [0.2, 0.25) is 0 Å². The van der Waals surface area contributed by atoms with Gasteiger partial charge in [-0.05, 0) is 19.8 Å². The van der Waals surface area contributed by atoms with Gasteiger partial charge in [-0.15, -0.1) is 30.6 Å². The monoisotopic (exact) mass is 457 g/mol. The molecular formula is C16H32IN3O2S. The van der Waals surface area contributed by atoms with Crippen LogP contribution in [0.15, 0.2) is 17.6 Å². The largest absolute Gasteiger partial charge is 0.381 e. The van der Waals surface area contributed by atoms with Crippen LogP contribution >= 0.6 is 35.7 Å². The van der Waals surface area contributed by atoms with Crippen LogP contribution < -0.4 is 10.6 Å². The molecule has 1 rings (SSSR count). The quantitative estimate of drug-likeness (QED) is 0.155. The molecule has 0 bridgehead atoms. The van der Waals surface area contributed by atoms with Crippen LogP contribution in [-0.2, 0) is 9.47 Å². The molecule has 1 saturated heterocycles. The fourth-order valence-corrected chi connectivity index (χ4v) is 2.65. The van der Waals surface area contributed by atoms with Gasteiger partial charge in [0, 0.05) is 50.3 Å². The van der Waals surface area contributed by atoms with Crippen molar-refractivity contribution >= 4 is 41.7 Å². The van der Waals surface area contributed by atoms with Crippen molar-refractivity contribution in [2.45, 2.75) is 19.8 Å². The number of nitrogens with one attached hydrogen (secondary N) is 2. The Hall–Kier alpha value is 0.0100. The van der Waals surface area contributed by atoms with Gasteiger partial charge in [-0.1, -0.05) is 6.08 Å². The van der Waals surface area contributed by atoms with E-state index in [1.54, 1.807) is 0 Å². The van der Waals surface area contributed by atoms with E-state index in [4.69, 9.17) is 9.47 Å². The zero-order valence-electron chi connectivity index (χ0n) is 14.2. The fourth-order valence-electron chi connectivity index (χ4n) is 2.07. The summed E-state index contributed by atoms with van der Waals surface area (Å²) in [6.07, 6.45) is 4.02. The molecule has 0 radical (unpaired) electrons. The third-order valence-corrected chi connectivity index (χ3v) is 4.18. The molecular weight excluding hydrogens is 425 g/mol. The summed E-state index contributed by atoms with van der Waals surface area (Å²) in [6.45, 7) is 11.7. The van der Waals surface area contributed by atoms with Gasteiger partial charge in [-0.3, -0.25) is 4.99 Å². The molecule has 0 amide bonds. The highest BCUT2D eigenvalue weighted by atomic mass is 127. The minimum Gasteiger partial charge on any atom is -0.381 e. The predicted molar refractivity (Wildman–Crippen MR) is 111 cm³/mol. The molecule has 1 atom stereocenters. The second-order valence-electron chi connectivity index (χ2n) is 5.21. The summed E-state index contributed by atoms with van der Waals surface area (Å²) in [6, 6.07) is 0. The topological polar surface area (TPSA) is 54.9 Å². The van der Waals surface area contributed by atoms with Gasteiger partial charge in [0.25, 0.3) is 0 Å². The molecule has 1 aliphatic heterocycles. The molecule has 0 spiro atoms. The Labute approximate surface area is 162 Å². The Kier molecular flexibility index (Phi) is 16.9. The predicted octanol–water partition coefficient (Wildman–Crippen LogP) is 2.52. The summed E-state index contributed by atoms with van der Waals surface area (Å²) in [7, 11) is 0. The maximum Gasteiger partial charge on any atom is 0.191 e. The molecule has 2 N–H and O–H groups in total. The number of rotatable bonds is 12. The van der Waals surface area contributed by atoms with E-state index < -0.39 is 0 Å². The second-order valence-corrected chi connectivity index (χ2v) is 6.36. The van der Waals surface area contributed by atoms with Crippen molar-refractivity contribution in [2.75, 3.05) is 57.6 Å². The zero-order chi connectivity index (χ0) is 15.9. The lowest BCUT2D eigenvalue weighted by atomic mass is 10.1. The molecule has 0 aromatic heterocycles. The van der Waals surface area contributed by atoms with E-state index in [1.165, 1.54) is 0 Å².